The molecule has 0 fully saturated rings. The van der Waals surface area contributed by atoms with E-state index in [4.69, 9.17) is 4.42 Å². The third-order valence-corrected chi connectivity index (χ3v) is 5.23. The van der Waals surface area contributed by atoms with E-state index < -0.39 is 11.0 Å². The molecule has 0 saturated heterocycles. The first kappa shape index (κ1) is 16.4. The Morgan fingerprint density at radius 1 is 1.21 bits per heavy atom. The first-order valence-corrected chi connectivity index (χ1v) is 8.82. The normalized spacial score (nSPS) is 21.1. The first-order chi connectivity index (χ1) is 13.6. The third-order valence-electron chi connectivity index (χ3n) is 5.23. The van der Waals surface area contributed by atoms with E-state index in [9.17, 15) is 14.9 Å². The molecule has 3 aromatic rings. The van der Waals surface area contributed by atoms with Crippen LogP contribution in [-0.2, 0) is 4.79 Å². The summed E-state index contributed by atoms with van der Waals surface area (Å²) in [6, 6.07) is 9.42. The lowest BCUT2D eigenvalue weighted by Gasteiger charge is -2.34. The summed E-state index contributed by atoms with van der Waals surface area (Å²) in [5.41, 5.74) is 2.16. The van der Waals surface area contributed by atoms with E-state index in [1.807, 2.05) is 12.1 Å². The number of nitro groups is 1. The summed E-state index contributed by atoms with van der Waals surface area (Å²) in [6.45, 7) is 0. The summed E-state index contributed by atoms with van der Waals surface area (Å²) >= 11 is 0. The lowest BCUT2D eigenvalue weighted by atomic mass is 9.79. The van der Waals surface area contributed by atoms with E-state index in [1.165, 1.54) is 18.5 Å². The predicted molar refractivity (Wildman–Crippen MR) is 97.6 cm³/mol. The van der Waals surface area contributed by atoms with Crippen LogP contribution < -0.4 is 5.32 Å². The molecule has 1 aliphatic carbocycles. The Hall–Kier alpha value is -3.75. The minimum atomic E-state index is -0.473. The molecule has 140 valence electrons. The van der Waals surface area contributed by atoms with Gasteiger partial charge in [0.05, 0.1) is 11.2 Å². The standard InChI is InChI=1S/C19H15N5O4/c25-15-9-12(16-2-1-7-28-16)8-14-17(15)18(23-19(22-14)20-10-21-23)11-3-5-13(6-4-11)24(26)27/h1-7,10,12,18H,8-9H2,(H,20,21,22)/t12-,18+/m0/s1. The molecule has 3 heterocycles. The number of ketones is 1. The molecule has 0 amide bonds. The van der Waals surface area contributed by atoms with E-state index in [0.29, 0.717) is 24.4 Å². The molecule has 0 bridgehead atoms. The van der Waals surface area contributed by atoms with Gasteiger partial charge in [0.2, 0.25) is 5.95 Å². The fourth-order valence-corrected chi connectivity index (χ4v) is 3.96. The highest BCUT2D eigenvalue weighted by Crippen LogP contribution is 2.43. The number of Topliss-reactive ketones (excluding diaryl/α,β-unsaturated/α-hetero) is 1. The topological polar surface area (TPSA) is 116 Å². The Labute approximate surface area is 158 Å². The Morgan fingerprint density at radius 2 is 2.04 bits per heavy atom. The van der Waals surface area contributed by atoms with Crippen LogP contribution in [0.25, 0.3) is 0 Å². The second-order valence-electron chi connectivity index (χ2n) is 6.84. The van der Waals surface area contributed by atoms with Gasteiger partial charge < -0.3 is 9.73 Å². The Kier molecular flexibility index (Phi) is 3.61. The number of hydrogen-bond donors (Lipinski definition) is 1. The van der Waals surface area contributed by atoms with Gasteiger partial charge in [-0.3, -0.25) is 14.9 Å². The average molecular weight is 377 g/mol. The minimum absolute atomic E-state index is 0.000322. The largest absolute Gasteiger partial charge is 0.469 e. The summed E-state index contributed by atoms with van der Waals surface area (Å²) in [5.74, 6) is 1.27. The monoisotopic (exact) mass is 377 g/mol. The van der Waals surface area contributed by atoms with Crippen LogP contribution in [-0.4, -0.2) is 25.5 Å². The number of nitrogens with zero attached hydrogens (tertiary/aromatic N) is 4. The molecule has 28 heavy (non-hydrogen) atoms. The van der Waals surface area contributed by atoms with Gasteiger partial charge in [0.1, 0.15) is 18.1 Å². The molecule has 0 radical (unpaired) electrons. The number of benzene rings is 1. The number of fused-ring (bicyclic) bond motifs is 1. The second kappa shape index (κ2) is 6.15. The van der Waals surface area contributed by atoms with Crippen molar-refractivity contribution in [3.63, 3.8) is 0 Å². The van der Waals surface area contributed by atoms with Gasteiger partial charge in [-0.2, -0.15) is 10.1 Å². The molecule has 1 N–H and O–H groups in total. The van der Waals surface area contributed by atoms with Crippen molar-refractivity contribution in [2.75, 3.05) is 5.32 Å². The number of non-ortho nitro benzene ring substituents is 1. The molecule has 9 heteroatoms. The van der Waals surface area contributed by atoms with E-state index in [1.54, 1.807) is 23.1 Å². The second-order valence-corrected chi connectivity index (χ2v) is 6.84. The van der Waals surface area contributed by atoms with Gasteiger partial charge in [-0.1, -0.05) is 0 Å². The number of hydrogen-bond acceptors (Lipinski definition) is 7. The molecular weight excluding hydrogens is 362 g/mol. The fourth-order valence-electron chi connectivity index (χ4n) is 3.96. The van der Waals surface area contributed by atoms with Crippen molar-refractivity contribution in [3.05, 3.63) is 81.7 Å². The summed E-state index contributed by atoms with van der Waals surface area (Å²) < 4.78 is 7.15. The van der Waals surface area contributed by atoms with Gasteiger partial charge in [-0.15, -0.1) is 0 Å². The number of aromatic nitrogens is 3. The molecule has 1 aromatic carbocycles. The van der Waals surface area contributed by atoms with Crippen LogP contribution in [0.3, 0.4) is 0 Å². The maximum atomic E-state index is 13.1. The quantitative estimate of drug-likeness (QED) is 0.550. The molecule has 2 aliphatic rings. The van der Waals surface area contributed by atoms with Crippen molar-refractivity contribution in [1.82, 2.24) is 14.8 Å². The first-order valence-electron chi connectivity index (χ1n) is 8.82. The summed E-state index contributed by atoms with van der Waals surface area (Å²) in [7, 11) is 0. The van der Waals surface area contributed by atoms with E-state index in [0.717, 1.165) is 17.0 Å². The molecule has 0 saturated carbocycles. The minimum Gasteiger partial charge on any atom is -0.469 e. The number of furan rings is 1. The van der Waals surface area contributed by atoms with Crippen LogP contribution in [0, 0.1) is 10.1 Å². The molecule has 0 unspecified atom stereocenters. The lowest BCUT2D eigenvalue weighted by Crippen LogP contribution is -2.33. The number of nitro benzene ring substituents is 1. The van der Waals surface area contributed by atoms with Crippen molar-refractivity contribution in [2.24, 2.45) is 0 Å². The fraction of sp³-hybridized carbons (Fsp3) is 0.211. The van der Waals surface area contributed by atoms with Gasteiger partial charge in [0.15, 0.2) is 5.78 Å². The lowest BCUT2D eigenvalue weighted by molar-refractivity contribution is -0.384. The Bertz CT molecular complexity index is 1100. The number of carbonyl (C=O) groups excluding carboxylic acids is 1. The number of nitrogens with one attached hydrogen (secondary N) is 1. The zero-order chi connectivity index (χ0) is 19.3. The summed E-state index contributed by atoms with van der Waals surface area (Å²) in [4.78, 5) is 27.9. The Morgan fingerprint density at radius 3 is 2.75 bits per heavy atom. The number of carbonyl (C=O) groups is 1. The van der Waals surface area contributed by atoms with Crippen LogP contribution in [0.15, 0.2) is 64.7 Å². The van der Waals surface area contributed by atoms with E-state index in [-0.39, 0.29) is 17.4 Å². The van der Waals surface area contributed by atoms with Crippen LogP contribution in [0.5, 0.6) is 0 Å². The summed E-state index contributed by atoms with van der Waals surface area (Å²) in [6.07, 6.45) is 3.98. The zero-order valence-electron chi connectivity index (χ0n) is 14.6. The van der Waals surface area contributed by atoms with E-state index in [2.05, 4.69) is 15.4 Å². The number of anilines is 1. The SMILES string of the molecule is O=C1C[C@@H](c2ccco2)CC2=C1[C@@H](c1ccc([N+](=O)[O-])cc1)n1ncnc1N2. The van der Waals surface area contributed by atoms with Gasteiger partial charge >= 0.3 is 0 Å². The maximum absolute atomic E-state index is 13.1. The van der Waals surface area contributed by atoms with Crippen molar-refractivity contribution < 1.29 is 14.1 Å². The molecule has 0 spiro atoms. The van der Waals surface area contributed by atoms with Crippen LogP contribution in [0.1, 0.15) is 36.1 Å². The predicted octanol–water partition coefficient (Wildman–Crippen LogP) is 3.20. The van der Waals surface area contributed by atoms with Crippen molar-refractivity contribution in [2.45, 2.75) is 24.8 Å². The Balaban J connectivity index is 1.59. The van der Waals surface area contributed by atoms with Gasteiger partial charge in [-0.05, 0) is 36.2 Å². The highest BCUT2D eigenvalue weighted by Gasteiger charge is 2.39. The summed E-state index contributed by atoms with van der Waals surface area (Å²) in [5, 5.41) is 18.5. The highest BCUT2D eigenvalue weighted by atomic mass is 16.6. The van der Waals surface area contributed by atoms with Crippen LogP contribution in [0.2, 0.25) is 0 Å². The molecule has 2 atom stereocenters. The molecule has 5 rings (SSSR count). The highest BCUT2D eigenvalue weighted by molar-refractivity contribution is 6.00. The molecule has 2 aromatic heterocycles. The van der Waals surface area contributed by atoms with Crippen LogP contribution >= 0.6 is 0 Å². The van der Waals surface area contributed by atoms with Gasteiger partial charge in [0.25, 0.3) is 5.69 Å². The number of allylic oxidation sites excluding steroid dienone is 2. The number of rotatable bonds is 3. The van der Waals surface area contributed by atoms with E-state index >= 15 is 0 Å². The average Bonchev–Trinajstić information content (AvgIpc) is 3.38. The third kappa shape index (κ3) is 2.51. The van der Waals surface area contributed by atoms with Gasteiger partial charge in [-0.25, -0.2) is 4.68 Å². The molecule has 1 aliphatic heterocycles. The van der Waals surface area contributed by atoms with Gasteiger partial charge in [0, 0.05) is 35.7 Å². The smallest absolute Gasteiger partial charge is 0.269 e. The molecule has 9 nitrogen and oxygen atoms in total. The van der Waals surface area contributed by atoms with Crippen LogP contribution in [0.4, 0.5) is 11.6 Å². The van der Waals surface area contributed by atoms with Crippen molar-refractivity contribution in [3.8, 4) is 0 Å². The van der Waals surface area contributed by atoms with Crippen molar-refractivity contribution >= 4 is 17.4 Å². The maximum Gasteiger partial charge on any atom is 0.269 e. The van der Waals surface area contributed by atoms with Crippen molar-refractivity contribution in [1.29, 1.82) is 0 Å². The molecular formula is C19H15N5O4. The zero-order valence-corrected chi connectivity index (χ0v) is 14.6.